The van der Waals surface area contributed by atoms with Gasteiger partial charge in [0.05, 0.1) is 44.1 Å². The predicted molar refractivity (Wildman–Crippen MR) is 313 cm³/mol. The summed E-state index contributed by atoms with van der Waals surface area (Å²) in [5, 5.41) is 9.21. The quantitative estimate of drug-likeness (QED) is 0.160. The molecule has 0 atom stereocenters. The van der Waals surface area contributed by atoms with Gasteiger partial charge < -0.3 is 13.7 Å². The van der Waals surface area contributed by atoms with Crippen molar-refractivity contribution < 1.29 is 0 Å². The summed E-state index contributed by atoms with van der Waals surface area (Å²) in [4.78, 5) is 16.5. The Kier molecular flexibility index (Phi) is 9.20. The Balaban J connectivity index is 1.01. The number of rotatable bonds is 7. The molecule has 0 fully saturated rings. The molecule has 5 heterocycles. The highest BCUT2D eigenvalue weighted by molar-refractivity contribution is 6.24. The highest BCUT2D eigenvalue weighted by atomic mass is 15.2. The molecule has 0 unspecified atom stereocenters. The van der Waals surface area contributed by atoms with E-state index in [1.165, 1.54) is 21.7 Å². The Morgan fingerprint density at radius 3 is 1.22 bits per heavy atom. The van der Waals surface area contributed by atoms with Gasteiger partial charge in [-0.3, -0.25) is 4.57 Å². The van der Waals surface area contributed by atoms with E-state index in [0.29, 0.717) is 17.6 Å². The second-order valence-corrected chi connectivity index (χ2v) is 19.6. The zero-order valence-electron chi connectivity index (χ0n) is 41.0. The molecular weight excluding hydrogens is 927 g/mol. The van der Waals surface area contributed by atoms with Gasteiger partial charge in [0.15, 0.2) is 11.6 Å². The van der Waals surface area contributed by atoms with Crippen LogP contribution in [0.4, 0.5) is 0 Å². The van der Waals surface area contributed by atoms with E-state index in [-0.39, 0.29) is 0 Å². The summed E-state index contributed by atoms with van der Waals surface area (Å²) in [5.41, 5.74) is 16.1. The SMILES string of the molecule is c1ccc(-c2ccc(-n3c4ccccc4c4ccc5c6cc(-n7c8ccccc8c8ccccc87)ccc6n(-c6nc(-c7ccccc7)nc(-c7ccc8c(c7)c7ccccc7n8-c7ccccc7)n6)c5c43)cc2)cc1. The largest absolute Gasteiger partial charge is 0.309 e. The number of fused-ring (bicyclic) bond motifs is 13. The first-order valence-electron chi connectivity index (χ1n) is 25.8. The first-order chi connectivity index (χ1) is 37.7. The third kappa shape index (κ3) is 6.33. The van der Waals surface area contributed by atoms with E-state index in [0.717, 1.165) is 105 Å². The van der Waals surface area contributed by atoms with Crippen LogP contribution in [0.2, 0.25) is 0 Å². The van der Waals surface area contributed by atoms with Gasteiger partial charge in [0, 0.05) is 71.3 Å². The molecule has 0 N–H and O–H groups in total. The van der Waals surface area contributed by atoms with E-state index in [2.05, 4.69) is 261 Å². The van der Waals surface area contributed by atoms with Gasteiger partial charge in [-0.2, -0.15) is 9.97 Å². The number of hydrogen-bond acceptors (Lipinski definition) is 3. The maximum atomic E-state index is 5.61. The van der Waals surface area contributed by atoms with Crippen LogP contribution >= 0.6 is 0 Å². The summed E-state index contributed by atoms with van der Waals surface area (Å²) in [7, 11) is 0. The summed E-state index contributed by atoms with van der Waals surface area (Å²) in [6, 6.07) is 93.3. The molecular formula is C69H43N7. The van der Waals surface area contributed by atoms with Crippen molar-refractivity contribution in [3.8, 4) is 56.9 Å². The second kappa shape index (κ2) is 16.6. The molecule has 0 bridgehead atoms. The fraction of sp³-hybridized carbons (Fsp3) is 0. The van der Waals surface area contributed by atoms with Crippen LogP contribution in [0, 0.1) is 0 Å². The summed E-state index contributed by atoms with van der Waals surface area (Å²) in [5.74, 6) is 1.71. The van der Waals surface area contributed by atoms with Crippen LogP contribution in [-0.2, 0) is 0 Å². The van der Waals surface area contributed by atoms with Crippen LogP contribution in [-0.4, -0.2) is 33.2 Å². The zero-order valence-corrected chi connectivity index (χ0v) is 41.0. The lowest BCUT2D eigenvalue weighted by Crippen LogP contribution is -2.07. The lowest BCUT2D eigenvalue weighted by Gasteiger charge is -2.14. The molecule has 0 aliphatic carbocycles. The molecule has 354 valence electrons. The van der Waals surface area contributed by atoms with Crippen LogP contribution in [0.1, 0.15) is 0 Å². The Morgan fingerprint density at radius 1 is 0.211 bits per heavy atom. The first-order valence-corrected chi connectivity index (χ1v) is 25.8. The molecule has 16 rings (SSSR count). The van der Waals surface area contributed by atoms with Gasteiger partial charge in [0.2, 0.25) is 5.95 Å². The lowest BCUT2D eigenvalue weighted by atomic mass is 10.1. The topological polar surface area (TPSA) is 58.4 Å². The molecule has 0 saturated carbocycles. The highest BCUT2D eigenvalue weighted by Crippen LogP contribution is 2.44. The van der Waals surface area contributed by atoms with Crippen LogP contribution < -0.4 is 0 Å². The second-order valence-electron chi connectivity index (χ2n) is 19.6. The smallest absolute Gasteiger partial charge is 0.238 e. The number of para-hydroxylation sites is 5. The van der Waals surface area contributed by atoms with E-state index in [1.54, 1.807) is 0 Å². The fourth-order valence-corrected chi connectivity index (χ4v) is 12.1. The summed E-state index contributed by atoms with van der Waals surface area (Å²) < 4.78 is 9.47. The first kappa shape index (κ1) is 42.2. The average Bonchev–Trinajstić information content (AvgIpc) is 4.29. The Labute approximate surface area is 436 Å². The molecule has 76 heavy (non-hydrogen) atoms. The maximum absolute atomic E-state index is 5.61. The van der Waals surface area contributed by atoms with Crippen molar-refractivity contribution in [2.75, 3.05) is 0 Å². The minimum Gasteiger partial charge on any atom is -0.309 e. The lowest BCUT2D eigenvalue weighted by molar-refractivity contribution is 0.953. The Morgan fingerprint density at radius 2 is 0.592 bits per heavy atom. The summed E-state index contributed by atoms with van der Waals surface area (Å²) >= 11 is 0. The summed E-state index contributed by atoms with van der Waals surface area (Å²) in [6.45, 7) is 0. The van der Waals surface area contributed by atoms with Crippen LogP contribution in [0.15, 0.2) is 261 Å². The molecule has 0 amide bonds. The number of aromatic nitrogens is 7. The molecule has 0 saturated heterocycles. The molecule has 0 aliphatic heterocycles. The standard InChI is InChI=1S/C69H43N7/c1-4-18-44(19-5-1)45-32-35-49(36-33-45)75-62-31-17-12-26-53(62)55-38-39-56-58-43-50(74-59-28-14-10-24-51(59)52-25-11-15-29-60(52)74)37-41-64(58)76(66(56)65(55)75)69-71-67(46-20-6-2-7-21-46)70-68(72-69)47-34-40-63-57(42-47)54-27-13-16-30-61(54)73(63)48-22-8-3-9-23-48/h1-43H. The molecule has 0 aliphatic rings. The number of nitrogens with zero attached hydrogens (tertiary/aromatic N) is 7. The minimum atomic E-state index is 0.531. The van der Waals surface area contributed by atoms with Crippen molar-refractivity contribution >= 4 is 87.2 Å². The van der Waals surface area contributed by atoms with E-state index in [1.807, 2.05) is 18.2 Å². The highest BCUT2D eigenvalue weighted by Gasteiger charge is 2.25. The van der Waals surface area contributed by atoms with Crippen molar-refractivity contribution in [1.82, 2.24) is 33.2 Å². The van der Waals surface area contributed by atoms with E-state index in [9.17, 15) is 0 Å². The van der Waals surface area contributed by atoms with Crippen molar-refractivity contribution in [2.45, 2.75) is 0 Å². The fourth-order valence-electron chi connectivity index (χ4n) is 12.1. The number of hydrogen-bond donors (Lipinski definition) is 0. The molecule has 0 radical (unpaired) electrons. The molecule has 0 spiro atoms. The monoisotopic (exact) mass is 969 g/mol. The van der Waals surface area contributed by atoms with Gasteiger partial charge >= 0.3 is 0 Å². The third-order valence-corrected chi connectivity index (χ3v) is 15.4. The van der Waals surface area contributed by atoms with Gasteiger partial charge in [-0.1, -0.05) is 176 Å². The van der Waals surface area contributed by atoms with Gasteiger partial charge in [0.1, 0.15) is 0 Å². The Bertz CT molecular complexity index is 4910. The van der Waals surface area contributed by atoms with E-state index in [4.69, 9.17) is 15.0 Å². The third-order valence-electron chi connectivity index (χ3n) is 15.4. The van der Waals surface area contributed by atoms with Crippen LogP contribution in [0.25, 0.3) is 144 Å². The van der Waals surface area contributed by atoms with Crippen molar-refractivity contribution in [3.63, 3.8) is 0 Å². The van der Waals surface area contributed by atoms with Crippen molar-refractivity contribution in [1.29, 1.82) is 0 Å². The normalized spacial score (nSPS) is 11.9. The Hall–Kier alpha value is -10.4. The van der Waals surface area contributed by atoms with Crippen molar-refractivity contribution in [3.05, 3.63) is 261 Å². The molecule has 5 aromatic heterocycles. The van der Waals surface area contributed by atoms with E-state index >= 15 is 0 Å². The molecule has 11 aromatic carbocycles. The summed E-state index contributed by atoms with van der Waals surface area (Å²) in [6.07, 6.45) is 0. The minimum absolute atomic E-state index is 0.531. The van der Waals surface area contributed by atoms with Crippen LogP contribution in [0.3, 0.4) is 0 Å². The van der Waals surface area contributed by atoms with Gasteiger partial charge in [-0.05, 0) is 96.1 Å². The average molecular weight is 970 g/mol. The predicted octanol–water partition coefficient (Wildman–Crippen LogP) is 17.3. The van der Waals surface area contributed by atoms with Gasteiger partial charge in [-0.15, -0.1) is 0 Å². The molecule has 16 aromatic rings. The molecule has 7 nitrogen and oxygen atoms in total. The van der Waals surface area contributed by atoms with E-state index < -0.39 is 0 Å². The van der Waals surface area contributed by atoms with Gasteiger partial charge in [0.25, 0.3) is 0 Å². The number of benzene rings is 11. The van der Waals surface area contributed by atoms with Crippen LogP contribution in [0.5, 0.6) is 0 Å². The van der Waals surface area contributed by atoms with Gasteiger partial charge in [-0.25, -0.2) is 4.98 Å². The molecule has 7 heteroatoms. The van der Waals surface area contributed by atoms with Crippen molar-refractivity contribution in [2.24, 2.45) is 0 Å². The maximum Gasteiger partial charge on any atom is 0.238 e. The zero-order chi connectivity index (χ0) is 49.8.